The lowest BCUT2D eigenvalue weighted by molar-refractivity contribution is -0.182. The van der Waals surface area contributed by atoms with Crippen LogP contribution >= 0.6 is 46.4 Å². The largest absolute Gasteiger partial charge is 0.375 e. The molecule has 0 saturated carbocycles. The molecule has 1 N–H and O–H groups in total. The summed E-state index contributed by atoms with van der Waals surface area (Å²) in [5.41, 5.74) is -0.270. The lowest BCUT2D eigenvalue weighted by Gasteiger charge is -2.06. The van der Waals surface area contributed by atoms with Gasteiger partial charge >= 0.3 is 5.97 Å². The van der Waals surface area contributed by atoms with Gasteiger partial charge in [0.2, 0.25) is 0 Å². The Bertz CT molecular complexity index is 365. The Morgan fingerprint density at radius 1 is 1.14 bits per heavy atom. The van der Waals surface area contributed by atoms with Gasteiger partial charge in [0.1, 0.15) is 5.56 Å². The van der Waals surface area contributed by atoms with E-state index in [0.717, 1.165) is 0 Å². The molecule has 0 fully saturated rings. The molecule has 0 radical (unpaired) electrons. The number of carbonyl (C=O) groups excluding carboxylic acids is 1. The summed E-state index contributed by atoms with van der Waals surface area (Å²) in [6.45, 7) is 0. The third-order valence-electron chi connectivity index (χ3n) is 1.40. The van der Waals surface area contributed by atoms with E-state index < -0.39 is 5.97 Å². The van der Waals surface area contributed by atoms with Crippen LogP contribution in [0.25, 0.3) is 0 Å². The highest BCUT2D eigenvalue weighted by Crippen LogP contribution is 2.37. The van der Waals surface area contributed by atoms with Gasteiger partial charge in [0.05, 0.1) is 20.1 Å². The number of benzene rings is 1. The van der Waals surface area contributed by atoms with Crippen molar-refractivity contribution in [3.63, 3.8) is 0 Å². The third kappa shape index (κ3) is 2.07. The first-order valence-corrected chi connectivity index (χ1v) is 4.69. The van der Waals surface area contributed by atoms with E-state index in [4.69, 9.17) is 51.7 Å². The zero-order chi connectivity index (χ0) is 10.9. The van der Waals surface area contributed by atoms with Crippen LogP contribution in [0.3, 0.4) is 0 Å². The summed E-state index contributed by atoms with van der Waals surface area (Å²) in [5.74, 6) is -1.12. The van der Waals surface area contributed by atoms with Gasteiger partial charge in [-0.15, -0.1) is 0 Å². The summed E-state index contributed by atoms with van der Waals surface area (Å²) in [5, 5.41) is 8.00. The predicted molar refractivity (Wildman–Crippen MR) is 54.5 cm³/mol. The maximum absolute atomic E-state index is 11.0. The molecule has 0 aliphatic carbocycles. The topological polar surface area (TPSA) is 46.5 Å². The molecule has 0 aromatic heterocycles. The fraction of sp³-hybridized carbons (Fsp3) is 0. The summed E-state index contributed by atoms with van der Waals surface area (Å²) in [6.07, 6.45) is 0. The zero-order valence-electron chi connectivity index (χ0n) is 6.35. The Kier molecular flexibility index (Phi) is 3.86. The number of halogens is 4. The predicted octanol–water partition coefficient (Wildman–Crippen LogP) is 3.93. The Hall–Kier alpha value is -0.190. The lowest BCUT2D eigenvalue weighted by Crippen LogP contribution is -2.04. The Balaban J connectivity index is 3.47. The van der Waals surface area contributed by atoms with Crippen molar-refractivity contribution in [3.05, 3.63) is 31.7 Å². The average Bonchev–Trinajstić information content (AvgIpc) is 2.15. The van der Waals surface area contributed by atoms with Crippen LogP contribution in [0.1, 0.15) is 10.4 Å². The van der Waals surface area contributed by atoms with Crippen LogP contribution in [-0.2, 0) is 4.89 Å². The Labute approximate surface area is 99.0 Å². The Morgan fingerprint density at radius 3 is 1.93 bits per heavy atom. The smallest absolute Gasteiger partial charge is 0.295 e. The van der Waals surface area contributed by atoms with E-state index in [1.807, 2.05) is 0 Å². The number of rotatable bonds is 1. The van der Waals surface area contributed by atoms with E-state index in [1.54, 1.807) is 0 Å². The van der Waals surface area contributed by atoms with Crippen LogP contribution in [-0.4, -0.2) is 11.2 Å². The summed E-state index contributed by atoms with van der Waals surface area (Å²) in [4.78, 5) is 14.5. The van der Waals surface area contributed by atoms with Crippen LogP contribution in [0.5, 0.6) is 0 Å². The molecular formula is C7H2Cl4O3. The van der Waals surface area contributed by atoms with Gasteiger partial charge in [-0.2, -0.15) is 5.26 Å². The van der Waals surface area contributed by atoms with Crippen molar-refractivity contribution in [3.8, 4) is 0 Å². The van der Waals surface area contributed by atoms with Crippen LogP contribution in [0, 0.1) is 0 Å². The molecule has 0 heterocycles. The highest BCUT2D eigenvalue weighted by molar-refractivity contribution is 6.49. The molecule has 0 unspecified atom stereocenters. The molecule has 0 atom stereocenters. The van der Waals surface area contributed by atoms with E-state index in [1.165, 1.54) is 6.07 Å². The van der Waals surface area contributed by atoms with Crippen LogP contribution in [0.15, 0.2) is 6.07 Å². The van der Waals surface area contributed by atoms with Gasteiger partial charge in [-0.05, 0) is 6.07 Å². The van der Waals surface area contributed by atoms with E-state index in [2.05, 4.69) is 4.89 Å². The maximum atomic E-state index is 11.0. The van der Waals surface area contributed by atoms with E-state index >= 15 is 0 Å². The second kappa shape index (κ2) is 4.55. The quantitative estimate of drug-likeness (QED) is 0.480. The first kappa shape index (κ1) is 11.9. The molecule has 1 rings (SSSR count). The molecule has 1 aromatic rings. The number of carbonyl (C=O) groups is 1. The van der Waals surface area contributed by atoms with Crippen molar-refractivity contribution in [1.82, 2.24) is 0 Å². The summed E-state index contributed by atoms with van der Waals surface area (Å²) in [6, 6.07) is 1.28. The molecule has 0 saturated heterocycles. The molecule has 7 heteroatoms. The third-order valence-corrected chi connectivity index (χ3v) is 2.97. The molecule has 76 valence electrons. The molecule has 0 aliphatic heterocycles. The second-order valence-electron chi connectivity index (χ2n) is 2.22. The lowest BCUT2D eigenvalue weighted by atomic mass is 10.2. The van der Waals surface area contributed by atoms with Crippen molar-refractivity contribution in [2.45, 2.75) is 0 Å². The van der Waals surface area contributed by atoms with Crippen molar-refractivity contribution >= 4 is 52.4 Å². The normalized spacial score (nSPS) is 10.1. The fourth-order valence-electron chi connectivity index (χ4n) is 0.798. The fourth-order valence-corrected chi connectivity index (χ4v) is 1.76. The van der Waals surface area contributed by atoms with Crippen molar-refractivity contribution < 1.29 is 14.9 Å². The molecule has 0 amide bonds. The maximum Gasteiger partial charge on any atom is 0.375 e. The van der Waals surface area contributed by atoms with E-state index in [-0.39, 0.29) is 25.7 Å². The van der Waals surface area contributed by atoms with E-state index in [0.29, 0.717) is 0 Å². The Morgan fingerprint density at radius 2 is 1.57 bits per heavy atom. The van der Waals surface area contributed by atoms with Crippen LogP contribution in [0.4, 0.5) is 0 Å². The molecular weight excluding hydrogens is 274 g/mol. The first-order chi connectivity index (χ1) is 6.49. The van der Waals surface area contributed by atoms with Gasteiger partial charge in [0.15, 0.2) is 0 Å². The average molecular weight is 276 g/mol. The summed E-state index contributed by atoms with van der Waals surface area (Å²) < 4.78 is 0. The minimum Gasteiger partial charge on any atom is -0.295 e. The minimum atomic E-state index is -1.12. The van der Waals surface area contributed by atoms with Gasteiger partial charge in [0.25, 0.3) is 0 Å². The van der Waals surface area contributed by atoms with Gasteiger partial charge in [0, 0.05) is 0 Å². The zero-order valence-corrected chi connectivity index (χ0v) is 9.38. The molecule has 0 aliphatic rings. The molecule has 1 aromatic carbocycles. The highest BCUT2D eigenvalue weighted by Gasteiger charge is 2.21. The molecule has 0 bridgehead atoms. The van der Waals surface area contributed by atoms with Crippen molar-refractivity contribution in [2.24, 2.45) is 0 Å². The number of hydrogen-bond acceptors (Lipinski definition) is 3. The van der Waals surface area contributed by atoms with Gasteiger partial charge in [-0.25, -0.2) is 4.79 Å². The minimum absolute atomic E-state index is 0.0430. The SMILES string of the molecule is O=C(OO)c1c(Cl)c(Cl)cc(Cl)c1Cl. The molecule has 3 nitrogen and oxygen atoms in total. The van der Waals surface area contributed by atoms with Crippen LogP contribution in [0.2, 0.25) is 20.1 Å². The van der Waals surface area contributed by atoms with Crippen molar-refractivity contribution in [2.75, 3.05) is 0 Å². The summed E-state index contributed by atoms with van der Waals surface area (Å²) in [7, 11) is 0. The highest BCUT2D eigenvalue weighted by atomic mass is 35.5. The first-order valence-electron chi connectivity index (χ1n) is 3.17. The molecule has 14 heavy (non-hydrogen) atoms. The summed E-state index contributed by atoms with van der Waals surface area (Å²) >= 11 is 22.6. The van der Waals surface area contributed by atoms with Gasteiger partial charge in [-0.3, -0.25) is 4.89 Å². The monoisotopic (exact) mass is 274 g/mol. The van der Waals surface area contributed by atoms with Gasteiger partial charge in [-0.1, -0.05) is 46.4 Å². The standard InChI is InChI=1S/C7H2Cl4O3/c8-2-1-3(9)6(11)4(5(2)10)7(12)14-13/h1,13H. The van der Waals surface area contributed by atoms with Crippen molar-refractivity contribution in [1.29, 1.82) is 0 Å². The second-order valence-corrected chi connectivity index (χ2v) is 3.79. The van der Waals surface area contributed by atoms with Crippen LogP contribution < -0.4 is 0 Å². The number of hydrogen-bond donors (Lipinski definition) is 1. The van der Waals surface area contributed by atoms with Gasteiger partial charge < -0.3 is 0 Å². The molecule has 0 spiro atoms. The van der Waals surface area contributed by atoms with E-state index in [9.17, 15) is 4.79 Å².